The number of nitrogens with two attached hydrogens (primary N) is 1. The van der Waals surface area contributed by atoms with Crippen molar-refractivity contribution < 1.29 is 0 Å². The van der Waals surface area contributed by atoms with Crippen LogP contribution in [-0.4, -0.2) is 15.0 Å². The Labute approximate surface area is 115 Å². The van der Waals surface area contributed by atoms with Gasteiger partial charge < -0.3 is 5.73 Å². The molecule has 2 aromatic rings. The van der Waals surface area contributed by atoms with Gasteiger partial charge >= 0.3 is 0 Å². The Balaban J connectivity index is 2.48. The Morgan fingerprint density at radius 2 is 2.06 bits per heavy atom. The van der Waals surface area contributed by atoms with Crippen molar-refractivity contribution in [1.82, 2.24) is 15.0 Å². The van der Waals surface area contributed by atoms with Crippen molar-refractivity contribution in [2.75, 3.05) is 5.73 Å². The maximum absolute atomic E-state index is 5.89. The lowest BCUT2D eigenvalue weighted by Crippen LogP contribution is -2.03. The second-order valence-electron chi connectivity index (χ2n) is 4.16. The summed E-state index contributed by atoms with van der Waals surface area (Å²) in [5.41, 5.74) is 8.68. The zero-order chi connectivity index (χ0) is 13.1. The van der Waals surface area contributed by atoms with E-state index in [1.165, 1.54) is 0 Å². The number of nitrogen functional groups attached to an aromatic ring is 1. The van der Waals surface area contributed by atoms with E-state index < -0.39 is 0 Å². The summed E-state index contributed by atoms with van der Waals surface area (Å²) in [5, 5.41) is 0. The maximum Gasteiger partial charge on any atom is 0.180 e. The highest BCUT2D eigenvalue weighted by Crippen LogP contribution is 2.25. The van der Waals surface area contributed by atoms with Gasteiger partial charge in [-0.1, -0.05) is 19.4 Å². The first-order valence-electron chi connectivity index (χ1n) is 5.86. The summed E-state index contributed by atoms with van der Waals surface area (Å²) >= 11 is 3.43. The fraction of sp³-hybridized carbons (Fsp3) is 0.308. The molecule has 0 radical (unpaired) electrons. The van der Waals surface area contributed by atoms with E-state index in [9.17, 15) is 0 Å². The van der Waals surface area contributed by atoms with Crippen LogP contribution < -0.4 is 5.73 Å². The summed E-state index contributed by atoms with van der Waals surface area (Å²) in [6.45, 7) is 4.10. The molecule has 2 rings (SSSR count). The SMILES string of the molecule is CCCc1nc(-c2ccc(C)cn2)nc(N)c1Br. The van der Waals surface area contributed by atoms with E-state index in [-0.39, 0.29) is 0 Å². The number of hydrogen-bond donors (Lipinski definition) is 1. The zero-order valence-electron chi connectivity index (χ0n) is 10.4. The average Bonchev–Trinajstić information content (AvgIpc) is 2.36. The van der Waals surface area contributed by atoms with E-state index in [0.717, 1.165) is 34.3 Å². The Morgan fingerprint density at radius 1 is 1.28 bits per heavy atom. The van der Waals surface area contributed by atoms with Crippen LogP contribution in [0.3, 0.4) is 0 Å². The van der Waals surface area contributed by atoms with Gasteiger partial charge in [0.05, 0.1) is 10.2 Å². The molecule has 94 valence electrons. The monoisotopic (exact) mass is 306 g/mol. The molecule has 0 unspecified atom stereocenters. The van der Waals surface area contributed by atoms with E-state index in [0.29, 0.717) is 11.6 Å². The van der Waals surface area contributed by atoms with Crippen molar-refractivity contribution >= 4 is 21.7 Å². The molecule has 0 aliphatic carbocycles. The molecule has 0 atom stereocenters. The van der Waals surface area contributed by atoms with E-state index in [2.05, 4.69) is 37.8 Å². The van der Waals surface area contributed by atoms with Crippen molar-refractivity contribution in [2.24, 2.45) is 0 Å². The van der Waals surface area contributed by atoms with Gasteiger partial charge in [0.1, 0.15) is 11.5 Å². The number of anilines is 1. The van der Waals surface area contributed by atoms with Crippen molar-refractivity contribution in [1.29, 1.82) is 0 Å². The minimum atomic E-state index is 0.464. The van der Waals surface area contributed by atoms with Crippen LogP contribution in [0, 0.1) is 6.92 Å². The van der Waals surface area contributed by atoms with Crippen LogP contribution in [0.25, 0.3) is 11.5 Å². The highest BCUT2D eigenvalue weighted by atomic mass is 79.9. The second kappa shape index (κ2) is 5.44. The second-order valence-corrected chi connectivity index (χ2v) is 4.96. The molecule has 0 saturated heterocycles. The Morgan fingerprint density at radius 3 is 2.67 bits per heavy atom. The first-order valence-corrected chi connectivity index (χ1v) is 6.66. The normalized spacial score (nSPS) is 10.6. The highest BCUT2D eigenvalue weighted by molar-refractivity contribution is 9.10. The topological polar surface area (TPSA) is 64.7 Å². The third-order valence-electron chi connectivity index (χ3n) is 2.57. The largest absolute Gasteiger partial charge is 0.383 e. The molecule has 0 amide bonds. The summed E-state index contributed by atoms with van der Waals surface area (Å²) in [6.07, 6.45) is 3.68. The van der Waals surface area contributed by atoms with Crippen molar-refractivity contribution in [3.05, 3.63) is 34.1 Å². The van der Waals surface area contributed by atoms with Crippen LogP contribution in [-0.2, 0) is 6.42 Å². The highest BCUT2D eigenvalue weighted by Gasteiger charge is 2.11. The molecule has 2 aromatic heterocycles. The Hall–Kier alpha value is -1.49. The Bertz CT molecular complexity index is 552. The molecule has 4 nitrogen and oxygen atoms in total. The number of nitrogens with zero attached hydrogens (tertiary/aromatic N) is 3. The van der Waals surface area contributed by atoms with E-state index >= 15 is 0 Å². The molecular formula is C13H15BrN4. The number of aromatic nitrogens is 3. The summed E-state index contributed by atoms with van der Waals surface area (Å²) in [6, 6.07) is 3.90. The van der Waals surface area contributed by atoms with Gasteiger partial charge in [0.2, 0.25) is 0 Å². The van der Waals surface area contributed by atoms with Gasteiger partial charge in [-0.2, -0.15) is 0 Å². The van der Waals surface area contributed by atoms with Crippen LogP contribution in [0.4, 0.5) is 5.82 Å². The molecule has 0 saturated carbocycles. The van der Waals surface area contributed by atoms with E-state index in [1.54, 1.807) is 6.20 Å². The molecule has 18 heavy (non-hydrogen) atoms. The van der Waals surface area contributed by atoms with Crippen LogP contribution in [0.15, 0.2) is 22.8 Å². The van der Waals surface area contributed by atoms with Gasteiger partial charge in [-0.05, 0) is 40.9 Å². The number of hydrogen-bond acceptors (Lipinski definition) is 4. The fourth-order valence-corrected chi connectivity index (χ4v) is 2.01. The minimum absolute atomic E-state index is 0.464. The molecule has 2 N–H and O–H groups in total. The molecule has 2 heterocycles. The van der Waals surface area contributed by atoms with Crippen molar-refractivity contribution in [3.63, 3.8) is 0 Å². The zero-order valence-corrected chi connectivity index (χ0v) is 12.0. The number of rotatable bonds is 3. The van der Waals surface area contributed by atoms with Gasteiger partial charge in [-0.3, -0.25) is 4.98 Å². The lowest BCUT2D eigenvalue weighted by atomic mass is 10.2. The number of halogens is 1. The third-order valence-corrected chi connectivity index (χ3v) is 3.44. The van der Waals surface area contributed by atoms with E-state index in [4.69, 9.17) is 5.73 Å². The van der Waals surface area contributed by atoms with Crippen molar-refractivity contribution in [2.45, 2.75) is 26.7 Å². The molecule has 5 heteroatoms. The quantitative estimate of drug-likeness (QED) is 0.946. The number of aryl methyl sites for hydroxylation is 2. The first kappa shape index (κ1) is 13.0. The molecule has 0 aliphatic heterocycles. The van der Waals surface area contributed by atoms with Gasteiger partial charge in [0.15, 0.2) is 5.82 Å². The molecule has 0 aliphatic rings. The average molecular weight is 307 g/mol. The predicted octanol–water partition coefficient (Wildman–Crippen LogP) is 3.14. The maximum atomic E-state index is 5.89. The van der Waals surface area contributed by atoms with Crippen LogP contribution in [0.1, 0.15) is 24.6 Å². The lowest BCUT2D eigenvalue weighted by molar-refractivity contribution is 0.868. The van der Waals surface area contributed by atoms with E-state index in [1.807, 2.05) is 19.1 Å². The molecule has 0 aromatic carbocycles. The molecule has 0 bridgehead atoms. The first-order chi connectivity index (χ1) is 8.61. The van der Waals surface area contributed by atoms with Crippen LogP contribution in [0.5, 0.6) is 0 Å². The standard InChI is InChI=1S/C13H15BrN4/c1-3-4-9-11(14)12(15)18-13(17-9)10-6-5-8(2)7-16-10/h5-7H,3-4H2,1-2H3,(H2,15,17,18). The molecule has 0 spiro atoms. The van der Waals surface area contributed by atoms with Gasteiger partial charge in [-0.15, -0.1) is 0 Å². The fourth-order valence-electron chi connectivity index (χ4n) is 1.63. The summed E-state index contributed by atoms with van der Waals surface area (Å²) in [5.74, 6) is 1.05. The summed E-state index contributed by atoms with van der Waals surface area (Å²) < 4.78 is 0.792. The predicted molar refractivity (Wildman–Crippen MR) is 76.1 cm³/mol. The number of pyridine rings is 1. The molecule has 0 fully saturated rings. The molecular weight excluding hydrogens is 292 g/mol. The Kier molecular flexibility index (Phi) is 3.91. The summed E-state index contributed by atoms with van der Waals surface area (Å²) in [7, 11) is 0. The van der Waals surface area contributed by atoms with Gasteiger partial charge in [0, 0.05) is 6.20 Å². The minimum Gasteiger partial charge on any atom is -0.383 e. The van der Waals surface area contributed by atoms with Gasteiger partial charge in [-0.25, -0.2) is 9.97 Å². The van der Waals surface area contributed by atoms with Crippen molar-refractivity contribution in [3.8, 4) is 11.5 Å². The van der Waals surface area contributed by atoms with Gasteiger partial charge in [0.25, 0.3) is 0 Å². The third kappa shape index (κ3) is 2.67. The smallest absolute Gasteiger partial charge is 0.180 e. The van der Waals surface area contributed by atoms with Crippen LogP contribution in [0.2, 0.25) is 0 Å². The summed E-state index contributed by atoms with van der Waals surface area (Å²) in [4.78, 5) is 13.1. The lowest BCUT2D eigenvalue weighted by Gasteiger charge is -2.08. The van der Waals surface area contributed by atoms with Crippen LogP contribution >= 0.6 is 15.9 Å².